The summed E-state index contributed by atoms with van der Waals surface area (Å²) in [7, 11) is 0. The van der Waals surface area contributed by atoms with Crippen molar-refractivity contribution in [3.8, 4) is 0 Å². The average Bonchev–Trinajstić information content (AvgIpc) is 3.16. The van der Waals surface area contributed by atoms with Crippen molar-refractivity contribution in [3.63, 3.8) is 0 Å². The van der Waals surface area contributed by atoms with Crippen LogP contribution in [0.25, 0.3) is 0 Å². The van der Waals surface area contributed by atoms with Gasteiger partial charge < -0.3 is 48.5 Å². The van der Waals surface area contributed by atoms with Crippen LogP contribution in [0.2, 0.25) is 0 Å². The first kappa shape index (κ1) is 46.2. The maximum absolute atomic E-state index is 13.8. The number of rotatable bonds is 25. The molecular formula is C38H56N8O8S. The molecule has 0 aromatic heterocycles. The Balaban J connectivity index is 2.22. The van der Waals surface area contributed by atoms with Crippen LogP contribution in [0.1, 0.15) is 57.1 Å². The van der Waals surface area contributed by atoms with Crippen LogP contribution in [0, 0.1) is 5.92 Å². The molecule has 0 heterocycles. The number of thioether (sulfide) groups is 1. The first-order chi connectivity index (χ1) is 26.2. The lowest BCUT2D eigenvalue weighted by atomic mass is 10.0. The van der Waals surface area contributed by atoms with Crippen LogP contribution in [0.5, 0.6) is 0 Å². The molecule has 302 valence electrons. The Labute approximate surface area is 326 Å². The number of benzene rings is 2. The highest BCUT2D eigenvalue weighted by Gasteiger charge is 2.31. The summed E-state index contributed by atoms with van der Waals surface area (Å²) in [5.41, 5.74) is 18.4. The van der Waals surface area contributed by atoms with Gasteiger partial charge in [-0.05, 0) is 61.3 Å². The van der Waals surface area contributed by atoms with Crippen molar-refractivity contribution >= 4 is 53.2 Å². The fourth-order valence-corrected chi connectivity index (χ4v) is 5.76. The minimum absolute atomic E-state index is 0.0158. The van der Waals surface area contributed by atoms with E-state index in [-0.39, 0.29) is 31.8 Å². The van der Waals surface area contributed by atoms with Crippen molar-refractivity contribution in [1.82, 2.24) is 26.6 Å². The molecule has 2 aromatic carbocycles. The smallest absolute Gasteiger partial charge is 0.308 e. The normalized spacial score (nSPS) is 13.6. The van der Waals surface area contributed by atoms with Gasteiger partial charge in [0.15, 0.2) is 0 Å². The van der Waals surface area contributed by atoms with Crippen LogP contribution in [-0.4, -0.2) is 96.7 Å². The van der Waals surface area contributed by atoms with Gasteiger partial charge in [-0.3, -0.25) is 33.6 Å². The molecule has 0 fully saturated rings. The Hall–Kier alpha value is -5.00. The van der Waals surface area contributed by atoms with Gasteiger partial charge in [0.25, 0.3) is 0 Å². The van der Waals surface area contributed by atoms with E-state index in [0.717, 1.165) is 0 Å². The molecule has 0 aliphatic heterocycles. The second-order valence-electron chi connectivity index (χ2n) is 13.4. The minimum Gasteiger partial charge on any atom is -0.461 e. The molecule has 2 aromatic rings. The zero-order valence-corrected chi connectivity index (χ0v) is 32.5. The molecule has 0 bridgehead atoms. The first-order valence-corrected chi connectivity index (χ1v) is 19.6. The van der Waals surface area contributed by atoms with Crippen molar-refractivity contribution in [2.24, 2.45) is 23.1 Å². The van der Waals surface area contributed by atoms with Crippen LogP contribution in [0.15, 0.2) is 60.7 Å². The van der Waals surface area contributed by atoms with Gasteiger partial charge in [0.1, 0.15) is 30.8 Å². The Bertz CT molecular complexity index is 1550. The number of hydrogen-bond acceptors (Lipinski definition) is 11. The van der Waals surface area contributed by atoms with E-state index in [0.29, 0.717) is 36.3 Å². The van der Waals surface area contributed by atoms with Crippen LogP contribution in [0.3, 0.4) is 0 Å². The molecule has 0 saturated heterocycles. The van der Waals surface area contributed by atoms with Crippen molar-refractivity contribution in [1.29, 1.82) is 0 Å². The van der Waals surface area contributed by atoms with E-state index in [4.69, 9.17) is 21.9 Å². The highest BCUT2D eigenvalue weighted by molar-refractivity contribution is 7.98. The summed E-state index contributed by atoms with van der Waals surface area (Å²) in [4.78, 5) is 91.4. The lowest BCUT2D eigenvalue weighted by molar-refractivity contribution is -0.147. The van der Waals surface area contributed by atoms with Gasteiger partial charge in [-0.1, -0.05) is 74.5 Å². The predicted molar refractivity (Wildman–Crippen MR) is 210 cm³/mol. The highest BCUT2D eigenvalue weighted by atomic mass is 32.2. The van der Waals surface area contributed by atoms with Gasteiger partial charge in [0, 0.05) is 6.42 Å². The standard InChI is InChI=1S/C38H56N8O8S/c1-24(2)19-29(37(52)44-28(34(41)49)16-18-55-3)43-32(47)22-42-36(51)30(20-25-11-6-4-7-12-25)46-38(53)31(45-35(50)27(40)15-10-17-39)21-33(48)54-23-26-13-8-5-9-14-26/h4-9,11-14,24,27-31H,10,15-23,39-40H2,1-3H3,(H2,41,49)(H,42,51)(H,43,47)(H,44,52)(H,45,50)(H,46,53)/t27-,28-,29-,30-,31-/m0/s1. The topological polar surface area (TPSA) is 267 Å². The van der Waals surface area contributed by atoms with E-state index in [9.17, 15) is 33.6 Å². The maximum Gasteiger partial charge on any atom is 0.308 e. The van der Waals surface area contributed by atoms with Crippen LogP contribution in [0.4, 0.5) is 0 Å². The van der Waals surface area contributed by atoms with Gasteiger partial charge in [-0.2, -0.15) is 11.8 Å². The summed E-state index contributed by atoms with van der Waals surface area (Å²) in [5, 5.41) is 12.9. The fourth-order valence-electron chi connectivity index (χ4n) is 5.28. The monoisotopic (exact) mass is 784 g/mol. The summed E-state index contributed by atoms with van der Waals surface area (Å²) in [6.45, 7) is 3.39. The number of nitrogens with one attached hydrogen (secondary N) is 5. The molecule has 0 saturated carbocycles. The van der Waals surface area contributed by atoms with Gasteiger partial charge in [-0.25, -0.2) is 0 Å². The van der Waals surface area contributed by atoms with Crippen molar-refractivity contribution in [3.05, 3.63) is 71.8 Å². The predicted octanol–water partition coefficient (Wildman–Crippen LogP) is -0.231. The summed E-state index contributed by atoms with van der Waals surface area (Å²) in [5.74, 6) is -4.53. The lowest BCUT2D eigenvalue weighted by Gasteiger charge is -2.25. The Morgan fingerprint density at radius 3 is 1.89 bits per heavy atom. The molecule has 17 heteroatoms. The van der Waals surface area contributed by atoms with E-state index < -0.39 is 84.6 Å². The fraction of sp³-hybridized carbons (Fsp3) is 0.500. The van der Waals surface area contributed by atoms with Crippen LogP contribution >= 0.6 is 11.8 Å². The van der Waals surface area contributed by atoms with E-state index in [1.54, 1.807) is 54.6 Å². The molecule has 0 aliphatic rings. The van der Waals surface area contributed by atoms with E-state index >= 15 is 0 Å². The van der Waals surface area contributed by atoms with Crippen LogP contribution < -0.4 is 43.8 Å². The lowest BCUT2D eigenvalue weighted by Crippen LogP contribution is -2.58. The third-order valence-corrected chi connectivity index (χ3v) is 8.91. The van der Waals surface area contributed by atoms with Crippen molar-refractivity contribution < 1.29 is 38.3 Å². The minimum atomic E-state index is -1.47. The number of carbonyl (C=O) groups excluding carboxylic acids is 7. The molecule has 55 heavy (non-hydrogen) atoms. The molecule has 0 unspecified atom stereocenters. The average molecular weight is 785 g/mol. The number of esters is 1. The molecule has 16 nitrogen and oxygen atoms in total. The Kier molecular flexibility index (Phi) is 21.1. The number of carbonyl (C=O) groups is 7. The highest BCUT2D eigenvalue weighted by Crippen LogP contribution is 2.09. The molecule has 0 aliphatic carbocycles. The molecule has 5 atom stereocenters. The summed E-state index contributed by atoms with van der Waals surface area (Å²) >= 11 is 1.49. The zero-order chi connectivity index (χ0) is 40.8. The van der Waals surface area contributed by atoms with Crippen molar-refractivity contribution in [2.75, 3.05) is 25.1 Å². The SMILES string of the molecule is CSCC[C@H](NC(=O)[C@H](CC(C)C)NC(=O)CNC(=O)[C@H](Cc1ccccc1)NC(=O)[C@H](CC(=O)OCc1ccccc1)NC(=O)[C@@H](N)CCCN)C(N)=O. The molecular weight excluding hydrogens is 729 g/mol. The van der Waals surface area contributed by atoms with Gasteiger partial charge in [0.2, 0.25) is 35.4 Å². The summed E-state index contributed by atoms with van der Waals surface area (Å²) in [6, 6.07) is 11.9. The zero-order valence-electron chi connectivity index (χ0n) is 31.7. The van der Waals surface area contributed by atoms with E-state index in [1.165, 1.54) is 11.8 Å². The summed E-state index contributed by atoms with van der Waals surface area (Å²) in [6.07, 6.45) is 2.51. The maximum atomic E-state index is 13.8. The molecule has 0 radical (unpaired) electrons. The molecule has 11 N–H and O–H groups in total. The van der Waals surface area contributed by atoms with Gasteiger partial charge in [-0.15, -0.1) is 0 Å². The van der Waals surface area contributed by atoms with Gasteiger partial charge >= 0.3 is 5.97 Å². The number of primary amides is 1. The summed E-state index contributed by atoms with van der Waals surface area (Å²) < 4.78 is 5.36. The second kappa shape index (κ2) is 25.1. The molecule has 0 spiro atoms. The largest absolute Gasteiger partial charge is 0.461 e. The second-order valence-corrected chi connectivity index (χ2v) is 14.4. The molecule has 2 rings (SSSR count). The van der Waals surface area contributed by atoms with E-state index in [1.807, 2.05) is 26.2 Å². The Morgan fingerprint density at radius 2 is 1.31 bits per heavy atom. The number of nitrogens with two attached hydrogens (primary N) is 3. The van der Waals surface area contributed by atoms with Crippen LogP contribution in [-0.2, 0) is 51.3 Å². The molecule has 6 amide bonds. The number of hydrogen-bond donors (Lipinski definition) is 8. The number of amides is 6. The Morgan fingerprint density at radius 1 is 0.727 bits per heavy atom. The van der Waals surface area contributed by atoms with E-state index in [2.05, 4.69) is 26.6 Å². The third-order valence-electron chi connectivity index (χ3n) is 8.27. The van der Waals surface area contributed by atoms with Gasteiger partial charge in [0.05, 0.1) is 19.0 Å². The quantitative estimate of drug-likeness (QED) is 0.0610. The third kappa shape index (κ3) is 18.3. The first-order valence-electron chi connectivity index (χ1n) is 18.2. The number of ether oxygens (including phenoxy) is 1. The van der Waals surface area contributed by atoms with Crippen molar-refractivity contribution in [2.45, 2.75) is 89.2 Å².